The highest BCUT2D eigenvalue weighted by molar-refractivity contribution is 6.31. The van der Waals surface area contributed by atoms with Crippen molar-refractivity contribution in [2.24, 2.45) is 0 Å². The first-order valence-electron chi connectivity index (χ1n) is 6.55. The van der Waals surface area contributed by atoms with Gasteiger partial charge >= 0.3 is 0 Å². The molecule has 0 spiro atoms. The highest BCUT2D eigenvalue weighted by Crippen LogP contribution is 2.20. The summed E-state index contributed by atoms with van der Waals surface area (Å²) in [6.45, 7) is 1.90. The van der Waals surface area contributed by atoms with Crippen molar-refractivity contribution < 1.29 is 13.9 Å². The molecule has 0 unspecified atom stereocenters. The normalized spacial score (nSPS) is 10.2. The smallest absolute Gasteiger partial charge is 0.262 e. The number of rotatable bonds is 5. The minimum absolute atomic E-state index is 0.0370. The molecule has 0 heterocycles. The van der Waals surface area contributed by atoms with Gasteiger partial charge in [0.2, 0.25) is 0 Å². The Bertz CT molecular complexity index is 646. The summed E-state index contributed by atoms with van der Waals surface area (Å²) < 4.78 is 18.5. The van der Waals surface area contributed by atoms with Crippen molar-refractivity contribution in [1.82, 2.24) is 0 Å². The molecule has 0 aromatic heterocycles. The second-order valence-corrected chi connectivity index (χ2v) is 4.83. The summed E-state index contributed by atoms with van der Waals surface area (Å²) in [7, 11) is 0. The summed E-state index contributed by atoms with van der Waals surface area (Å²) in [6, 6.07) is 11.5. The summed E-state index contributed by atoms with van der Waals surface area (Å²) in [5.74, 6) is -0.168. The number of aryl methyl sites for hydroxylation is 1. The van der Waals surface area contributed by atoms with E-state index in [-0.39, 0.29) is 17.5 Å². The molecule has 0 bridgehead atoms. The van der Waals surface area contributed by atoms with Gasteiger partial charge in [-0.1, -0.05) is 36.7 Å². The van der Waals surface area contributed by atoms with E-state index in [0.717, 1.165) is 12.0 Å². The lowest BCUT2D eigenvalue weighted by Gasteiger charge is -2.10. The van der Waals surface area contributed by atoms with Gasteiger partial charge in [-0.2, -0.15) is 0 Å². The summed E-state index contributed by atoms with van der Waals surface area (Å²) >= 11 is 5.65. The van der Waals surface area contributed by atoms with Crippen LogP contribution in [-0.4, -0.2) is 12.5 Å². The van der Waals surface area contributed by atoms with Crippen molar-refractivity contribution in [2.75, 3.05) is 11.9 Å². The standard InChI is InChI=1S/C16H15ClFNO2/c1-2-11-5-3-4-6-15(11)21-10-16(20)19-12-7-8-14(18)13(17)9-12/h3-9H,2,10H2,1H3,(H,19,20). The van der Waals surface area contributed by atoms with Crippen molar-refractivity contribution in [1.29, 1.82) is 0 Å². The van der Waals surface area contributed by atoms with Crippen molar-refractivity contribution in [3.63, 3.8) is 0 Å². The molecule has 21 heavy (non-hydrogen) atoms. The third-order valence-electron chi connectivity index (χ3n) is 2.92. The number of ether oxygens (including phenoxy) is 1. The Kier molecular flexibility index (Phi) is 5.17. The van der Waals surface area contributed by atoms with Crippen LogP contribution in [0.1, 0.15) is 12.5 Å². The number of carbonyl (C=O) groups is 1. The van der Waals surface area contributed by atoms with Crippen molar-refractivity contribution >= 4 is 23.2 Å². The molecule has 0 aliphatic rings. The van der Waals surface area contributed by atoms with E-state index in [0.29, 0.717) is 11.4 Å². The average Bonchev–Trinajstić information content (AvgIpc) is 2.49. The van der Waals surface area contributed by atoms with Gasteiger partial charge in [0.05, 0.1) is 5.02 Å². The number of anilines is 1. The Morgan fingerprint density at radius 3 is 2.76 bits per heavy atom. The fourth-order valence-electron chi connectivity index (χ4n) is 1.85. The Balaban J connectivity index is 1.94. The number of para-hydroxylation sites is 1. The van der Waals surface area contributed by atoms with Crippen molar-refractivity contribution in [2.45, 2.75) is 13.3 Å². The molecule has 0 saturated carbocycles. The molecule has 0 aliphatic carbocycles. The maximum Gasteiger partial charge on any atom is 0.262 e. The van der Waals surface area contributed by atoms with Gasteiger partial charge in [0.15, 0.2) is 6.61 Å². The van der Waals surface area contributed by atoms with Crippen molar-refractivity contribution in [3.05, 3.63) is 58.9 Å². The predicted molar refractivity (Wildman–Crippen MR) is 81.4 cm³/mol. The first kappa shape index (κ1) is 15.3. The number of hydrogen-bond donors (Lipinski definition) is 1. The summed E-state index contributed by atoms with van der Waals surface area (Å²) in [6.07, 6.45) is 0.825. The van der Waals surface area contributed by atoms with E-state index in [1.54, 1.807) is 0 Å². The molecular weight excluding hydrogens is 293 g/mol. The maximum absolute atomic E-state index is 13.0. The molecule has 0 saturated heterocycles. The van der Waals surface area contributed by atoms with Gasteiger partial charge in [-0.15, -0.1) is 0 Å². The second kappa shape index (κ2) is 7.09. The van der Waals surface area contributed by atoms with Crippen LogP contribution in [0.4, 0.5) is 10.1 Å². The minimum Gasteiger partial charge on any atom is -0.483 e. The average molecular weight is 308 g/mol. The number of hydrogen-bond acceptors (Lipinski definition) is 2. The fourth-order valence-corrected chi connectivity index (χ4v) is 2.03. The van der Waals surface area contributed by atoms with Gasteiger partial charge in [-0.25, -0.2) is 4.39 Å². The van der Waals surface area contributed by atoms with E-state index < -0.39 is 5.82 Å². The second-order valence-electron chi connectivity index (χ2n) is 4.43. The van der Waals surface area contributed by atoms with Crippen LogP contribution in [0.25, 0.3) is 0 Å². The lowest BCUT2D eigenvalue weighted by atomic mass is 10.1. The van der Waals surface area contributed by atoms with E-state index in [1.807, 2.05) is 31.2 Å². The maximum atomic E-state index is 13.0. The van der Waals surface area contributed by atoms with Gasteiger partial charge in [0.1, 0.15) is 11.6 Å². The predicted octanol–water partition coefficient (Wildman–Crippen LogP) is 4.06. The molecule has 2 aromatic rings. The molecule has 0 radical (unpaired) electrons. The summed E-state index contributed by atoms with van der Waals surface area (Å²) in [4.78, 5) is 11.8. The van der Waals surface area contributed by atoms with E-state index >= 15 is 0 Å². The zero-order chi connectivity index (χ0) is 15.2. The van der Waals surface area contributed by atoms with Crippen molar-refractivity contribution in [3.8, 4) is 5.75 Å². The Hall–Kier alpha value is -2.07. The zero-order valence-corrected chi connectivity index (χ0v) is 12.3. The first-order valence-corrected chi connectivity index (χ1v) is 6.93. The lowest BCUT2D eigenvalue weighted by Crippen LogP contribution is -2.20. The number of halogens is 2. The fraction of sp³-hybridized carbons (Fsp3) is 0.188. The van der Waals surface area contributed by atoms with Gasteiger partial charge in [-0.05, 0) is 36.2 Å². The summed E-state index contributed by atoms with van der Waals surface area (Å²) in [5, 5.41) is 2.57. The van der Waals surface area contributed by atoms with Crippen LogP contribution < -0.4 is 10.1 Å². The summed E-state index contributed by atoms with van der Waals surface area (Å²) in [5.41, 5.74) is 1.47. The van der Waals surface area contributed by atoms with E-state index in [1.165, 1.54) is 18.2 Å². The van der Waals surface area contributed by atoms with E-state index in [2.05, 4.69) is 5.32 Å². The number of amides is 1. The van der Waals surface area contributed by atoms with Crippen LogP contribution in [0.15, 0.2) is 42.5 Å². The van der Waals surface area contributed by atoms with Crippen LogP contribution in [-0.2, 0) is 11.2 Å². The molecule has 1 amide bonds. The SMILES string of the molecule is CCc1ccccc1OCC(=O)Nc1ccc(F)c(Cl)c1. The van der Waals surface area contributed by atoms with E-state index in [9.17, 15) is 9.18 Å². The van der Waals surface area contributed by atoms with Crippen LogP contribution in [0.2, 0.25) is 5.02 Å². The van der Waals surface area contributed by atoms with Crippen LogP contribution in [0.5, 0.6) is 5.75 Å². The Morgan fingerprint density at radius 2 is 2.05 bits per heavy atom. The minimum atomic E-state index is -0.525. The molecule has 0 atom stereocenters. The van der Waals surface area contributed by atoms with Crippen LogP contribution >= 0.6 is 11.6 Å². The highest BCUT2D eigenvalue weighted by Gasteiger charge is 2.07. The monoisotopic (exact) mass is 307 g/mol. The molecule has 0 fully saturated rings. The Morgan fingerprint density at radius 1 is 1.29 bits per heavy atom. The number of carbonyl (C=O) groups excluding carboxylic acids is 1. The topological polar surface area (TPSA) is 38.3 Å². The molecule has 2 aromatic carbocycles. The molecule has 0 aliphatic heterocycles. The number of nitrogens with one attached hydrogen (secondary N) is 1. The van der Waals surface area contributed by atoms with E-state index in [4.69, 9.17) is 16.3 Å². The third kappa shape index (κ3) is 4.20. The van der Waals surface area contributed by atoms with Gasteiger partial charge in [0, 0.05) is 5.69 Å². The molecule has 2 rings (SSSR count). The lowest BCUT2D eigenvalue weighted by molar-refractivity contribution is -0.118. The van der Waals surface area contributed by atoms with Gasteiger partial charge < -0.3 is 10.1 Å². The van der Waals surface area contributed by atoms with Crippen LogP contribution in [0.3, 0.4) is 0 Å². The zero-order valence-electron chi connectivity index (χ0n) is 11.5. The van der Waals surface area contributed by atoms with Gasteiger partial charge in [0.25, 0.3) is 5.91 Å². The Labute approximate surface area is 127 Å². The molecule has 5 heteroatoms. The molecule has 110 valence electrons. The molecule has 3 nitrogen and oxygen atoms in total. The largest absolute Gasteiger partial charge is 0.483 e. The van der Waals surface area contributed by atoms with Gasteiger partial charge in [-0.3, -0.25) is 4.79 Å². The molecular formula is C16H15ClFNO2. The quantitative estimate of drug-likeness (QED) is 0.904. The highest BCUT2D eigenvalue weighted by atomic mass is 35.5. The third-order valence-corrected chi connectivity index (χ3v) is 3.21. The first-order chi connectivity index (χ1) is 10.1. The molecule has 1 N–H and O–H groups in total. The van der Waals surface area contributed by atoms with Crippen LogP contribution in [0, 0.1) is 5.82 Å². The number of benzene rings is 2.